The Kier molecular flexibility index (Phi) is 7.06. The van der Waals surface area contributed by atoms with E-state index in [2.05, 4.69) is 15.6 Å². The number of halogens is 1. The second kappa shape index (κ2) is 9.71. The summed E-state index contributed by atoms with van der Waals surface area (Å²) in [6, 6.07) is 7.24. The van der Waals surface area contributed by atoms with Crippen molar-refractivity contribution in [2.24, 2.45) is 5.92 Å². The number of aromatic nitrogens is 3. The summed E-state index contributed by atoms with van der Waals surface area (Å²) >= 11 is 5.85. The molecular weight excluding hydrogens is 366 g/mol. The molecule has 0 saturated carbocycles. The normalized spacial score (nSPS) is 16.9. The fourth-order valence-corrected chi connectivity index (χ4v) is 3.28. The van der Waals surface area contributed by atoms with Crippen molar-refractivity contribution in [3.05, 3.63) is 41.2 Å². The molecule has 8 heteroatoms. The van der Waals surface area contributed by atoms with E-state index in [4.69, 9.17) is 16.3 Å². The molecule has 1 aliphatic heterocycles. The fourth-order valence-electron chi connectivity index (χ4n) is 3.15. The molecule has 1 unspecified atom stereocenters. The molecule has 1 fully saturated rings. The lowest BCUT2D eigenvalue weighted by Gasteiger charge is -2.22. The smallest absolute Gasteiger partial charge is 0.275 e. The first-order valence-corrected chi connectivity index (χ1v) is 9.74. The maximum Gasteiger partial charge on any atom is 0.275 e. The van der Waals surface area contributed by atoms with E-state index in [1.165, 1.54) is 12.8 Å². The van der Waals surface area contributed by atoms with Gasteiger partial charge in [-0.15, -0.1) is 5.10 Å². The number of carbonyl (C=O) groups excluding carboxylic acids is 1. The molecule has 1 aliphatic rings. The molecule has 1 N–H and O–H groups in total. The largest absolute Gasteiger partial charge is 0.494 e. The summed E-state index contributed by atoms with van der Waals surface area (Å²) in [5, 5.41) is 12.2. The Labute approximate surface area is 164 Å². The molecule has 1 amide bonds. The summed E-state index contributed by atoms with van der Waals surface area (Å²) in [5.74, 6) is 1.20. The zero-order chi connectivity index (χ0) is 19.1. The zero-order valence-corrected chi connectivity index (χ0v) is 16.4. The molecule has 0 aliphatic carbocycles. The molecule has 1 aromatic heterocycles. The van der Waals surface area contributed by atoms with Crippen LogP contribution in [-0.2, 0) is 6.54 Å². The number of nitrogens with one attached hydrogen (secondary N) is 1. The molecule has 27 heavy (non-hydrogen) atoms. The first kappa shape index (κ1) is 19.6. The molecule has 146 valence electrons. The van der Waals surface area contributed by atoms with Crippen molar-refractivity contribution >= 4 is 17.5 Å². The number of nitrogens with zero attached hydrogens (tertiary/aromatic N) is 4. The highest BCUT2D eigenvalue weighted by molar-refractivity contribution is 6.30. The highest BCUT2D eigenvalue weighted by Crippen LogP contribution is 2.16. The number of amides is 1. The first-order chi connectivity index (χ1) is 13.1. The van der Waals surface area contributed by atoms with E-state index in [0.717, 1.165) is 31.8 Å². The van der Waals surface area contributed by atoms with Crippen molar-refractivity contribution in [3.8, 4) is 5.75 Å². The number of hydrogen-bond acceptors (Lipinski definition) is 5. The van der Waals surface area contributed by atoms with Gasteiger partial charge in [-0.05, 0) is 62.5 Å². The number of benzene rings is 1. The zero-order valence-electron chi connectivity index (χ0n) is 15.6. The maximum absolute atomic E-state index is 12.5. The van der Waals surface area contributed by atoms with Crippen LogP contribution in [0.15, 0.2) is 30.5 Å². The summed E-state index contributed by atoms with van der Waals surface area (Å²) in [4.78, 5) is 14.1. The molecule has 2 aromatic rings. The van der Waals surface area contributed by atoms with Crippen LogP contribution in [0, 0.1) is 5.92 Å². The van der Waals surface area contributed by atoms with Crippen molar-refractivity contribution < 1.29 is 9.53 Å². The lowest BCUT2D eigenvalue weighted by atomic mass is 10.00. The van der Waals surface area contributed by atoms with E-state index in [1.807, 2.05) is 12.1 Å². The minimum atomic E-state index is -0.116. The Morgan fingerprint density at radius 2 is 2.22 bits per heavy atom. The van der Waals surface area contributed by atoms with Gasteiger partial charge in [-0.1, -0.05) is 16.8 Å². The Bertz CT molecular complexity index is 728. The van der Waals surface area contributed by atoms with Crippen LogP contribution in [0.3, 0.4) is 0 Å². The fraction of sp³-hybridized carbons (Fsp3) is 0.526. The van der Waals surface area contributed by atoms with Gasteiger partial charge in [0.1, 0.15) is 5.75 Å². The van der Waals surface area contributed by atoms with E-state index in [0.29, 0.717) is 29.8 Å². The van der Waals surface area contributed by atoms with Crippen LogP contribution in [0.25, 0.3) is 0 Å². The summed E-state index contributed by atoms with van der Waals surface area (Å²) in [6.07, 6.45) is 4.85. The van der Waals surface area contributed by atoms with Crippen LogP contribution < -0.4 is 10.1 Å². The van der Waals surface area contributed by atoms with E-state index in [9.17, 15) is 4.79 Å². The predicted octanol–water partition coefficient (Wildman–Crippen LogP) is 2.47. The van der Waals surface area contributed by atoms with Crippen LogP contribution >= 0.6 is 11.6 Å². The van der Waals surface area contributed by atoms with Crippen molar-refractivity contribution in [1.29, 1.82) is 0 Å². The minimum absolute atomic E-state index is 0.116. The minimum Gasteiger partial charge on any atom is -0.494 e. The molecule has 0 spiro atoms. The summed E-state index contributed by atoms with van der Waals surface area (Å²) in [7, 11) is 1.77. The van der Waals surface area contributed by atoms with Crippen LogP contribution in [0.2, 0.25) is 5.02 Å². The van der Waals surface area contributed by atoms with Gasteiger partial charge in [0.25, 0.3) is 5.91 Å². The molecule has 0 bridgehead atoms. The summed E-state index contributed by atoms with van der Waals surface area (Å²) in [6.45, 7) is 4.00. The van der Waals surface area contributed by atoms with Crippen LogP contribution in [-0.4, -0.2) is 59.1 Å². The van der Waals surface area contributed by atoms with Crippen molar-refractivity contribution in [3.63, 3.8) is 0 Å². The van der Waals surface area contributed by atoms with Crippen molar-refractivity contribution in [2.45, 2.75) is 25.8 Å². The number of ether oxygens (including phenoxy) is 1. The lowest BCUT2D eigenvalue weighted by Crippen LogP contribution is -2.32. The molecule has 1 aromatic carbocycles. The number of hydrogen-bond donors (Lipinski definition) is 1. The van der Waals surface area contributed by atoms with E-state index in [-0.39, 0.29) is 5.91 Å². The van der Waals surface area contributed by atoms with Crippen LogP contribution in [0.4, 0.5) is 0 Å². The Morgan fingerprint density at radius 1 is 1.41 bits per heavy atom. The second-order valence-electron chi connectivity index (χ2n) is 6.92. The van der Waals surface area contributed by atoms with E-state index >= 15 is 0 Å². The van der Waals surface area contributed by atoms with Gasteiger partial charge in [-0.2, -0.15) is 0 Å². The van der Waals surface area contributed by atoms with Gasteiger partial charge in [0.05, 0.1) is 12.8 Å². The second-order valence-corrected chi connectivity index (χ2v) is 7.36. The van der Waals surface area contributed by atoms with Gasteiger partial charge in [0.15, 0.2) is 5.69 Å². The third kappa shape index (κ3) is 5.94. The van der Waals surface area contributed by atoms with Gasteiger partial charge in [-0.25, -0.2) is 0 Å². The maximum atomic E-state index is 12.5. The SMILES string of the molecule is CN(CCCOc1ccc(Cl)cc1)C(=O)c1cn(CC2CCCNC2)nn1. The van der Waals surface area contributed by atoms with E-state index < -0.39 is 0 Å². The van der Waals surface area contributed by atoms with Crippen molar-refractivity contribution in [1.82, 2.24) is 25.2 Å². The van der Waals surface area contributed by atoms with E-state index in [1.54, 1.807) is 35.0 Å². The lowest BCUT2D eigenvalue weighted by molar-refractivity contribution is 0.0782. The van der Waals surface area contributed by atoms with Gasteiger partial charge < -0.3 is 15.0 Å². The number of carbonyl (C=O) groups is 1. The average Bonchev–Trinajstić information content (AvgIpc) is 3.15. The molecule has 2 heterocycles. The van der Waals surface area contributed by atoms with Gasteiger partial charge in [-0.3, -0.25) is 9.48 Å². The Hall–Kier alpha value is -2.12. The number of rotatable bonds is 8. The average molecular weight is 392 g/mol. The highest BCUT2D eigenvalue weighted by atomic mass is 35.5. The molecule has 7 nitrogen and oxygen atoms in total. The molecule has 1 saturated heterocycles. The third-order valence-corrected chi connectivity index (χ3v) is 4.92. The molecule has 0 radical (unpaired) electrons. The summed E-state index contributed by atoms with van der Waals surface area (Å²) in [5.41, 5.74) is 0.389. The molecule has 1 atom stereocenters. The topological polar surface area (TPSA) is 72.3 Å². The third-order valence-electron chi connectivity index (χ3n) is 4.67. The number of piperidine rings is 1. The van der Waals surface area contributed by atoms with Crippen LogP contribution in [0.5, 0.6) is 5.75 Å². The highest BCUT2D eigenvalue weighted by Gasteiger charge is 2.18. The Morgan fingerprint density at radius 3 is 2.96 bits per heavy atom. The monoisotopic (exact) mass is 391 g/mol. The van der Waals surface area contributed by atoms with Gasteiger partial charge in [0, 0.05) is 25.2 Å². The summed E-state index contributed by atoms with van der Waals surface area (Å²) < 4.78 is 7.43. The Balaban J connectivity index is 1.41. The quantitative estimate of drug-likeness (QED) is 0.700. The van der Waals surface area contributed by atoms with Gasteiger partial charge in [0.2, 0.25) is 0 Å². The standard InChI is InChI=1S/C19H26ClN5O2/c1-24(10-3-11-27-17-7-5-16(20)6-8-17)19(26)18-14-25(23-22-18)13-15-4-2-9-21-12-15/h5-8,14-15,21H,2-4,9-13H2,1H3. The molecule has 3 rings (SSSR count). The first-order valence-electron chi connectivity index (χ1n) is 9.36. The predicted molar refractivity (Wildman–Crippen MR) is 104 cm³/mol. The van der Waals surface area contributed by atoms with Crippen LogP contribution in [0.1, 0.15) is 29.8 Å². The van der Waals surface area contributed by atoms with Gasteiger partial charge >= 0.3 is 0 Å². The van der Waals surface area contributed by atoms with Crippen molar-refractivity contribution in [2.75, 3.05) is 33.3 Å². The molecular formula is C19H26ClN5O2.